The Morgan fingerprint density at radius 2 is 0.921 bits per heavy atom. The van der Waals surface area contributed by atoms with Gasteiger partial charge < -0.3 is 65.1 Å². The molecule has 12 atom stereocenters. The Labute approximate surface area is 459 Å². The molecule has 0 aromatic heterocycles. The van der Waals surface area contributed by atoms with E-state index in [2.05, 4.69) is 92.1 Å². The number of allylic oxidation sites excluding steroid dienone is 13. The summed E-state index contributed by atoms with van der Waals surface area (Å²) in [4.78, 5) is 13.2. The number of nitrogens with one attached hydrogen (secondary N) is 1. The highest BCUT2D eigenvalue weighted by Gasteiger charge is 2.51. The molecule has 0 spiro atoms. The van der Waals surface area contributed by atoms with Crippen molar-refractivity contribution in [3.05, 3.63) is 85.1 Å². The molecule has 2 aliphatic rings. The van der Waals surface area contributed by atoms with E-state index in [-0.39, 0.29) is 18.9 Å². The van der Waals surface area contributed by atoms with E-state index in [1.807, 2.05) is 6.08 Å². The SMILES string of the molecule is CC/C=C\C/C=C\C/C=C\C/C=C\C/C=C\CCCCCCCCCCCCCCCCCCCC(=O)NC(COC1OC(CO)C(OC2OC(CO)C(O)C(O)C2O)C(O)C1O)C(O)/C=C/CC/C=C/CCCCC. The van der Waals surface area contributed by atoms with Crippen molar-refractivity contribution in [2.75, 3.05) is 19.8 Å². The normalized spacial score (nSPS) is 25.5. The second-order valence-corrected chi connectivity index (χ2v) is 20.7. The molecule has 0 aliphatic carbocycles. The van der Waals surface area contributed by atoms with Crippen LogP contribution in [-0.2, 0) is 23.7 Å². The third-order valence-electron chi connectivity index (χ3n) is 14.1. The molecule has 12 unspecified atom stereocenters. The summed E-state index contributed by atoms with van der Waals surface area (Å²) >= 11 is 0. The van der Waals surface area contributed by atoms with Crippen molar-refractivity contribution in [2.24, 2.45) is 0 Å². The second kappa shape index (κ2) is 47.0. The molecular formula is C62H107NO13. The Bertz CT molecular complexity index is 1600. The molecule has 0 radical (unpaired) electrons. The maximum Gasteiger partial charge on any atom is 0.220 e. The molecule has 2 heterocycles. The summed E-state index contributed by atoms with van der Waals surface area (Å²) in [6, 6.07) is -0.932. The van der Waals surface area contributed by atoms with E-state index in [1.54, 1.807) is 6.08 Å². The molecule has 2 saturated heterocycles. The van der Waals surface area contributed by atoms with E-state index >= 15 is 0 Å². The van der Waals surface area contributed by atoms with Crippen LogP contribution in [0.15, 0.2) is 85.1 Å². The van der Waals surface area contributed by atoms with Crippen LogP contribution in [0, 0.1) is 0 Å². The number of ether oxygens (including phenoxy) is 4. The van der Waals surface area contributed by atoms with Crippen LogP contribution in [0.2, 0.25) is 0 Å². The largest absolute Gasteiger partial charge is 0.394 e. The fraction of sp³-hybridized carbons (Fsp3) is 0.758. The van der Waals surface area contributed by atoms with Crippen molar-refractivity contribution in [3.8, 4) is 0 Å². The number of hydrogen-bond donors (Lipinski definition) is 9. The topological polar surface area (TPSA) is 228 Å². The molecule has 14 heteroatoms. The van der Waals surface area contributed by atoms with Crippen LogP contribution in [0.1, 0.15) is 206 Å². The molecule has 0 bridgehead atoms. The number of carbonyl (C=O) groups excluding carboxylic acids is 1. The fourth-order valence-electron chi connectivity index (χ4n) is 9.27. The van der Waals surface area contributed by atoms with Crippen LogP contribution in [0.5, 0.6) is 0 Å². The predicted octanol–water partition coefficient (Wildman–Crippen LogP) is 10.1. The molecule has 76 heavy (non-hydrogen) atoms. The van der Waals surface area contributed by atoms with Gasteiger partial charge in [-0.05, 0) is 77.0 Å². The summed E-state index contributed by atoms with van der Waals surface area (Å²) in [5.41, 5.74) is 0. The Hall–Kier alpha value is -2.83. The lowest BCUT2D eigenvalue weighted by Crippen LogP contribution is -2.65. The van der Waals surface area contributed by atoms with E-state index in [0.29, 0.717) is 12.8 Å². The number of hydrogen-bond acceptors (Lipinski definition) is 13. The highest BCUT2D eigenvalue weighted by atomic mass is 16.7. The Morgan fingerprint density at radius 3 is 1.45 bits per heavy atom. The van der Waals surface area contributed by atoms with Gasteiger partial charge in [0.15, 0.2) is 12.6 Å². The van der Waals surface area contributed by atoms with Crippen LogP contribution in [-0.4, -0.2) is 140 Å². The fourth-order valence-corrected chi connectivity index (χ4v) is 9.27. The Morgan fingerprint density at radius 1 is 0.487 bits per heavy atom. The first-order valence-corrected chi connectivity index (χ1v) is 29.8. The molecule has 0 saturated carbocycles. The lowest BCUT2D eigenvalue weighted by atomic mass is 9.97. The zero-order valence-corrected chi connectivity index (χ0v) is 47.0. The molecule has 0 aromatic carbocycles. The van der Waals surface area contributed by atoms with Crippen molar-refractivity contribution >= 4 is 5.91 Å². The minimum absolute atomic E-state index is 0.254. The van der Waals surface area contributed by atoms with Gasteiger partial charge in [-0.2, -0.15) is 0 Å². The molecule has 1 amide bonds. The van der Waals surface area contributed by atoms with Gasteiger partial charge in [-0.15, -0.1) is 0 Å². The third kappa shape index (κ3) is 32.3. The average molecular weight is 1070 g/mol. The van der Waals surface area contributed by atoms with Crippen molar-refractivity contribution in [3.63, 3.8) is 0 Å². The highest BCUT2D eigenvalue weighted by Crippen LogP contribution is 2.30. The average Bonchev–Trinajstić information content (AvgIpc) is 3.42. The van der Waals surface area contributed by atoms with Crippen molar-refractivity contribution < 1.29 is 64.6 Å². The van der Waals surface area contributed by atoms with E-state index in [4.69, 9.17) is 18.9 Å². The molecule has 2 aliphatic heterocycles. The van der Waals surface area contributed by atoms with Crippen molar-refractivity contribution in [1.29, 1.82) is 0 Å². The number of amides is 1. The highest BCUT2D eigenvalue weighted by molar-refractivity contribution is 5.76. The molecule has 438 valence electrons. The summed E-state index contributed by atoms with van der Waals surface area (Å²) in [7, 11) is 0. The molecule has 2 rings (SSSR count). The van der Waals surface area contributed by atoms with Gasteiger partial charge in [0, 0.05) is 6.42 Å². The summed E-state index contributed by atoms with van der Waals surface area (Å²) in [5, 5.41) is 86.7. The summed E-state index contributed by atoms with van der Waals surface area (Å²) in [6.45, 7) is 2.59. The van der Waals surface area contributed by atoms with Crippen LogP contribution >= 0.6 is 0 Å². The van der Waals surface area contributed by atoms with Gasteiger partial charge in [0.1, 0.15) is 48.8 Å². The van der Waals surface area contributed by atoms with E-state index < -0.39 is 86.8 Å². The van der Waals surface area contributed by atoms with Gasteiger partial charge in [-0.3, -0.25) is 4.79 Å². The number of aliphatic hydroxyl groups is 8. The molecule has 9 N–H and O–H groups in total. The minimum atomic E-state index is -1.79. The maximum atomic E-state index is 13.2. The van der Waals surface area contributed by atoms with Gasteiger partial charge in [-0.1, -0.05) is 208 Å². The van der Waals surface area contributed by atoms with Crippen LogP contribution < -0.4 is 5.32 Å². The van der Waals surface area contributed by atoms with Gasteiger partial charge in [0.05, 0.1) is 32.0 Å². The Kier molecular flexibility index (Phi) is 42.9. The molecule has 14 nitrogen and oxygen atoms in total. The summed E-state index contributed by atoms with van der Waals surface area (Å²) in [6.07, 6.45) is 46.7. The quantitative estimate of drug-likeness (QED) is 0.0205. The third-order valence-corrected chi connectivity index (χ3v) is 14.1. The van der Waals surface area contributed by atoms with Gasteiger partial charge in [0.25, 0.3) is 0 Å². The smallest absolute Gasteiger partial charge is 0.220 e. The minimum Gasteiger partial charge on any atom is -0.394 e. The number of unbranched alkanes of at least 4 members (excludes halogenated alkanes) is 21. The van der Waals surface area contributed by atoms with Crippen LogP contribution in [0.3, 0.4) is 0 Å². The molecule has 0 aromatic rings. The maximum absolute atomic E-state index is 13.2. The standard InChI is InChI=1S/C62H107NO13/c1-3-5-7-9-11-13-14-15-16-17-18-19-20-21-22-23-24-25-26-27-28-29-30-31-32-33-34-35-36-38-40-42-44-46-54(67)63-50(51(66)45-43-41-39-37-12-10-8-6-4-2)49-73-61-59(72)57(70)60(53(48-65)75-61)76-62-58(71)56(69)55(68)52(47-64)74-62/h5,7,11-13,15-16,18-19,21-22,37,43,45,50-53,55-62,64-66,68-72H,3-4,6,8-10,14,17,20,23-36,38-42,44,46-49H2,1-2H3,(H,63,67)/b7-5-,13-11-,16-15-,19-18-,22-21-,37-12+,45-43+. The van der Waals surface area contributed by atoms with Gasteiger partial charge >= 0.3 is 0 Å². The first-order chi connectivity index (χ1) is 37.1. The van der Waals surface area contributed by atoms with Gasteiger partial charge in [0.2, 0.25) is 5.91 Å². The number of aliphatic hydroxyl groups excluding tert-OH is 8. The first kappa shape index (κ1) is 69.3. The lowest BCUT2D eigenvalue weighted by molar-refractivity contribution is -0.359. The summed E-state index contributed by atoms with van der Waals surface area (Å²) < 4.78 is 22.7. The zero-order chi connectivity index (χ0) is 55.3. The van der Waals surface area contributed by atoms with Crippen molar-refractivity contribution in [1.82, 2.24) is 5.32 Å². The van der Waals surface area contributed by atoms with E-state index in [0.717, 1.165) is 70.6 Å². The van der Waals surface area contributed by atoms with Crippen molar-refractivity contribution in [2.45, 2.75) is 280 Å². The predicted molar refractivity (Wildman–Crippen MR) is 304 cm³/mol. The molecule has 2 fully saturated rings. The van der Waals surface area contributed by atoms with Crippen LogP contribution in [0.4, 0.5) is 0 Å². The zero-order valence-electron chi connectivity index (χ0n) is 47.0. The lowest BCUT2D eigenvalue weighted by Gasteiger charge is -2.46. The monoisotopic (exact) mass is 1070 g/mol. The second-order valence-electron chi connectivity index (χ2n) is 20.7. The number of carbonyl (C=O) groups is 1. The Balaban J connectivity index is 1.61. The number of rotatable bonds is 46. The first-order valence-electron chi connectivity index (χ1n) is 29.8. The molecular weight excluding hydrogens is 967 g/mol. The van der Waals surface area contributed by atoms with Crippen LogP contribution in [0.25, 0.3) is 0 Å². The summed E-state index contributed by atoms with van der Waals surface area (Å²) in [5.74, 6) is -0.254. The van der Waals surface area contributed by atoms with Gasteiger partial charge in [-0.25, -0.2) is 0 Å². The van der Waals surface area contributed by atoms with E-state index in [1.165, 1.54) is 103 Å². The van der Waals surface area contributed by atoms with E-state index in [9.17, 15) is 45.6 Å².